The largest absolute Gasteiger partial charge is 0.433 e. The number of hydrogen-bond acceptors (Lipinski definition) is 6. The number of nitro groups is 1. The zero-order chi connectivity index (χ0) is 16.2. The molecule has 0 aliphatic heterocycles. The molecule has 0 saturated carbocycles. The van der Waals surface area contributed by atoms with Gasteiger partial charge in [-0.3, -0.25) is 10.1 Å². The maximum Gasteiger partial charge on any atom is 0.433 e. The summed E-state index contributed by atoms with van der Waals surface area (Å²) in [4.78, 5) is 9.84. The van der Waals surface area contributed by atoms with Gasteiger partial charge in [-0.15, -0.1) is 5.10 Å². The first-order chi connectivity index (χ1) is 10.6. The Bertz CT molecular complexity index is 514. The van der Waals surface area contributed by atoms with Gasteiger partial charge in [0.2, 0.25) is 0 Å². The molecule has 0 aliphatic rings. The highest BCUT2D eigenvalue weighted by Gasteiger charge is 2.09. The molecule has 1 aromatic rings. The fraction of sp³-hybridized carbons (Fsp3) is 0.571. The lowest BCUT2D eigenvalue weighted by atomic mass is 10.1. The van der Waals surface area contributed by atoms with Crippen LogP contribution >= 0.6 is 11.8 Å². The quantitative estimate of drug-likeness (QED) is 0.230. The van der Waals surface area contributed by atoms with Crippen LogP contribution < -0.4 is 5.73 Å². The van der Waals surface area contributed by atoms with Crippen LogP contribution in [0.5, 0.6) is 0 Å². The molecule has 0 spiro atoms. The van der Waals surface area contributed by atoms with Gasteiger partial charge in [0.25, 0.3) is 0 Å². The van der Waals surface area contributed by atoms with E-state index in [0.717, 1.165) is 12.2 Å². The number of amidine groups is 1. The molecule has 122 valence electrons. The zero-order valence-electron chi connectivity index (χ0n) is 12.7. The van der Waals surface area contributed by atoms with Crippen LogP contribution in [0.25, 0.3) is 0 Å². The Morgan fingerprint density at radius 2 is 2.09 bits per heavy atom. The smallest absolute Gasteiger partial charge is 0.400 e. The van der Waals surface area contributed by atoms with Gasteiger partial charge in [-0.25, -0.2) is 0 Å². The molecule has 0 atom stereocenters. The maximum atomic E-state index is 10.4. The Morgan fingerprint density at radius 1 is 1.36 bits per heavy atom. The van der Waals surface area contributed by atoms with Crippen molar-refractivity contribution in [3.63, 3.8) is 0 Å². The van der Waals surface area contributed by atoms with Gasteiger partial charge < -0.3 is 10.2 Å². The number of furan rings is 1. The number of unbranched alkanes of at least 4 members (excludes halogenated alkanes) is 5. The summed E-state index contributed by atoms with van der Waals surface area (Å²) in [5.74, 6) is 0.864. The summed E-state index contributed by atoms with van der Waals surface area (Å²) in [6.07, 6.45) is 8.73. The van der Waals surface area contributed by atoms with Crippen molar-refractivity contribution < 1.29 is 9.34 Å². The summed E-state index contributed by atoms with van der Waals surface area (Å²) in [5.41, 5.74) is 5.71. The Kier molecular flexibility index (Phi) is 8.97. The molecule has 1 rings (SSSR count). The van der Waals surface area contributed by atoms with Crippen molar-refractivity contribution in [2.75, 3.05) is 5.75 Å². The Morgan fingerprint density at radius 3 is 2.77 bits per heavy atom. The lowest BCUT2D eigenvalue weighted by molar-refractivity contribution is -0.402. The molecule has 1 heterocycles. The summed E-state index contributed by atoms with van der Waals surface area (Å²) in [5, 5.41) is 18.4. The summed E-state index contributed by atoms with van der Waals surface area (Å²) >= 11 is 1.46. The molecule has 0 fully saturated rings. The topological polar surface area (TPSA) is 107 Å². The van der Waals surface area contributed by atoms with Crippen LogP contribution in [0, 0.1) is 10.1 Å². The molecular formula is C14H22N4O3S. The Labute approximate surface area is 134 Å². The van der Waals surface area contributed by atoms with Crippen molar-refractivity contribution in [3.8, 4) is 0 Å². The number of hydrogen-bond donors (Lipinski definition) is 1. The second-order valence-corrected chi connectivity index (χ2v) is 5.85. The molecular weight excluding hydrogens is 304 g/mol. The molecule has 0 radical (unpaired) electrons. The molecule has 8 heteroatoms. The van der Waals surface area contributed by atoms with Crippen molar-refractivity contribution in [1.29, 1.82) is 0 Å². The third-order valence-electron chi connectivity index (χ3n) is 2.88. The molecule has 7 nitrogen and oxygen atoms in total. The highest BCUT2D eigenvalue weighted by atomic mass is 32.2. The van der Waals surface area contributed by atoms with Gasteiger partial charge >= 0.3 is 5.88 Å². The van der Waals surface area contributed by atoms with Crippen LogP contribution in [-0.4, -0.2) is 22.1 Å². The van der Waals surface area contributed by atoms with Crippen molar-refractivity contribution in [2.45, 2.75) is 45.4 Å². The number of nitrogens with zero attached hydrogens (tertiary/aromatic N) is 3. The Balaban J connectivity index is 2.21. The van der Waals surface area contributed by atoms with Gasteiger partial charge in [-0.2, -0.15) is 5.10 Å². The second kappa shape index (κ2) is 10.8. The average molecular weight is 326 g/mol. The number of nitrogens with two attached hydrogens (primary N) is 1. The van der Waals surface area contributed by atoms with E-state index in [9.17, 15) is 10.1 Å². The molecule has 0 aliphatic carbocycles. The van der Waals surface area contributed by atoms with Gasteiger partial charge in [-0.05, 0) is 12.5 Å². The van der Waals surface area contributed by atoms with Crippen molar-refractivity contribution in [3.05, 3.63) is 28.0 Å². The molecule has 0 bridgehead atoms. The third-order valence-corrected chi connectivity index (χ3v) is 3.75. The van der Waals surface area contributed by atoms with Gasteiger partial charge in [0.15, 0.2) is 10.9 Å². The molecule has 22 heavy (non-hydrogen) atoms. The van der Waals surface area contributed by atoms with Crippen molar-refractivity contribution >= 4 is 29.0 Å². The minimum Gasteiger partial charge on any atom is -0.400 e. The van der Waals surface area contributed by atoms with Crippen LogP contribution in [0.2, 0.25) is 0 Å². The van der Waals surface area contributed by atoms with Crippen LogP contribution in [0.3, 0.4) is 0 Å². The fourth-order valence-electron chi connectivity index (χ4n) is 1.74. The first-order valence-corrected chi connectivity index (χ1v) is 8.35. The summed E-state index contributed by atoms with van der Waals surface area (Å²) in [6, 6.07) is 2.72. The molecule has 1 aromatic heterocycles. The highest BCUT2D eigenvalue weighted by Crippen LogP contribution is 2.14. The van der Waals surface area contributed by atoms with E-state index in [2.05, 4.69) is 17.1 Å². The molecule has 0 saturated heterocycles. The first kappa shape index (κ1) is 18.2. The normalized spacial score (nSPS) is 12.1. The second-order valence-electron chi connectivity index (χ2n) is 4.73. The van der Waals surface area contributed by atoms with E-state index in [-0.39, 0.29) is 11.6 Å². The third kappa shape index (κ3) is 7.82. The van der Waals surface area contributed by atoms with E-state index in [1.54, 1.807) is 0 Å². The lowest BCUT2D eigenvalue weighted by Crippen LogP contribution is -2.06. The first-order valence-electron chi connectivity index (χ1n) is 7.37. The maximum absolute atomic E-state index is 10.4. The molecule has 0 unspecified atom stereocenters. The lowest BCUT2D eigenvalue weighted by Gasteiger charge is -2.00. The van der Waals surface area contributed by atoms with E-state index in [0.29, 0.717) is 5.17 Å². The van der Waals surface area contributed by atoms with E-state index in [1.807, 2.05) is 0 Å². The molecule has 0 aromatic carbocycles. The predicted molar refractivity (Wildman–Crippen MR) is 90.4 cm³/mol. The monoisotopic (exact) mass is 326 g/mol. The summed E-state index contributed by atoms with van der Waals surface area (Å²) < 4.78 is 4.91. The van der Waals surface area contributed by atoms with E-state index in [4.69, 9.17) is 10.2 Å². The van der Waals surface area contributed by atoms with Gasteiger partial charge in [-0.1, -0.05) is 50.8 Å². The fourth-order valence-corrected chi connectivity index (χ4v) is 2.40. The number of rotatable bonds is 10. The predicted octanol–water partition coefficient (Wildman–Crippen LogP) is 3.93. The van der Waals surface area contributed by atoms with E-state index < -0.39 is 4.92 Å². The van der Waals surface area contributed by atoms with E-state index >= 15 is 0 Å². The minimum atomic E-state index is -0.606. The van der Waals surface area contributed by atoms with Gasteiger partial charge in [0.05, 0.1) is 12.3 Å². The van der Waals surface area contributed by atoms with Gasteiger partial charge in [0, 0.05) is 5.75 Å². The van der Waals surface area contributed by atoms with Crippen LogP contribution in [0.1, 0.15) is 51.2 Å². The van der Waals surface area contributed by atoms with Crippen molar-refractivity contribution in [1.82, 2.24) is 0 Å². The van der Waals surface area contributed by atoms with E-state index in [1.165, 1.54) is 62.2 Å². The SMILES string of the molecule is CCCCCCCCS/C(N)=N/N=Cc1ccc([N+](=O)[O-])o1. The van der Waals surface area contributed by atoms with Crippen LogP contribution in [0.4, 0.5) is 5.88 Å². The summed E-state index contributed by atoms with van der Waals surface area (Å²) in [6.45, 7) is 2.20. The minimum absolute atomic E-state index is 0.268. The highest BCUT2D eigenvalue weighted by molar-refractivity contribution is 8.13. The Hall–Kier alpha value is -1.83. The van der Waals surface area contributed by atoms with Gasteiger partial charge in [0.1, 0.15) is 4.92 Å². The standard InChI is InChI=1S/C14H22N4O3S/c1-2-3-4-5-6-7-10-22-14(15)17-16-11-12-8-9-13(21-12)18(19)20/h8-9,11H,2-7,10H2,1H3,(H2,15,17). The van der Waals surface area contributed by atoms with Crippen molar-refractivity contribution in [2.24, 2.45) is 15.9 Å². The van der Waals surface area contributed by atoms with Crippen LogP contribution in [-0.2, 0) is 0 Å². The molecule has 2 N–H and O–H groups in total. The average Bonchev–Trinajstić information content (AvgIpc) is 2.95. The zero-order valence-corrected chi connectivity index (χ0v) is 13.6. The molecule has 0 amide bonds. The van der Waals surface area contributed by atoms with Crippen LogP contribution in [0.15, 0.2) is 26.8 Å². The number of thioether (sulfide) groups is 1. The summed E-state index contributed by atoms with van der Waals surface area (Å²) in [7, 11) is 0.